The Morgan fingerprint density at radius 2 is 2.00 bits per heavy atom. The van der Waals surface area contributed by atoms with E-state index in [2.05, 4.69) is 9.97 Å². The molecule has 1 amide bonds. The number of carbonyl (C=O) groups excluding carboxylic acids is 1. The first kappa shape index (κ1) is 18.2. The van der Waals surface area contributed by atoms with Crippen molar-refractivity contribution in [2.24, 2.45) is 0 Å². The molecule has 8 heteroatoms. The first-order valence-electron chi connectivity index (χ1n) is 8.28. The molecule has 0 saturated carbocycles. The Morgan fingerprint density at radius 1 is 1.23 bits per heavy atom. The van der Waals surface area contributed by atoms with Crippen LogP contribution in [0.15, 0.2) is 42.9 Å². The first-order chi connectivity index (χ1) is 12.4. The molecule has 0 atom stereocenters. The number of alkyl halides is 3. The monoisotopic (exact) mass is 365 g/mol. The van der Waals surface area contributed by atoms with Gasteiger partial charge in [0.2, 0.25) is 11.8 Å². The fraction of sp³-hybridized carbons (Fsp3) is 0.389. The molecule has 2 aromatic rings. The fourth-order valence-corrected chi connectivity index (χ4v) is 2.89. The summed E-state index contributed by atoms with van der Waals surface area (Å²) in [6, 6.07) is 6.57. The Morgan fingerprint density at radius 3 is 2.65 bits per heavy atom. The van der Waals surface area contributed by atoms with Crippen molar-refractivity contribution in [1.29, 1.82) is 0 Å². The number of carbonyl (C=O) groups is 1. The van der Waals surface area contributed by atoms with Gasteiger partial charge in [-0.2, -0.15) is 13.2 Å². The molecule has 5 nitrogen and oxygen atoms in total. The number of likely N-dealkylation sites (tertiary alicyclic amines) is 1. The van der Waals surface area contributed by atoms with Crippen molar-refractivity contribution in [3.05, 3.63) is 54.0 Å². The van der Waals surface area contributed by atoms with Crippen LogP contribution in [0, 0.1) is 0 Å². The van der Waals surface area contributed by atoms with Gasteiger partial charge < -0.3 is 9.64 Å². The van der Waals surface area contributed by atoms with E-state index in [1.54, 1.807) is 17.2 Å². The van der Waals surface area contributed by atoms with Gasteiger partial charge in [-0.05, 0) is 11.6 Å². The van der Waals surface area contributed by atoms with Gasteiger partial charge in [0.1, 0.15) is 12.4 Å². The van der Waals surface area contributed by atoms with Crippen LogP contribution in [0.25, 0.3) is 0 Å². The summed E-state index contributed by atoms with van der Waals surface area (Å²) in [7, 11) is 0. The molecule has 0 bridgehead atoms. The maximum atomic E-state index is 12.8. The molecule has 1 aromatic carbocycles. The molecular formula is C18H18F3N3O2. The topological polar surface area (TPSA) is 55.3 Å². The SMILES string of the molecule is O=C(Cc1cccc(C(F)(F)F)c1)N1CCC(Oc2ccncn2)CC1. The number of piperidine rings is 1. The van der Waals surface area contributed by atoms with Crippen molar-refractivity contribution in [2.75, 3.05) is 13.1 Å². The molecule has 0 radical (unpaired) electrons. The molecule has 138 valence electrons. The predicted molar refractivity (Wildman–Crippen MR) is 87.4 cm³/mol. The van der Waals surface area contributed by atoms with E-state index in [-0.39, 0.29) is 18.4 Å². The zero-order chi connectivity index (χ0) is 18.6. The largest absolute Gasteiger partial charge is 0.474 e. The van der Waals surface area contributed by atoms with Crippen molar-refractivity contribution in [2.45, 2.75) is 31.5 Å². The van der Waals surface area contributed by atoms with Crippen LogP contribution in [-0.2, 0) is 17.4 Å². The number of ether oxygens (including phenoxy) is 1. The van der Waals surface area contributed by atoms with Crippen molar-refractivity contribution < 1.29 is 22.7 Å². The smallest absolute Gasteiger partial charge is 0.416 e. The highest BCUT2D eigenvalue weighted by Crippen LogP contribution is 2.29. The molecule has 1 fully saturated rings. The molecule has 1 saturated heterocycles. The van der Waals surface area contributed by atoms with Crippen LogP contribution in [0.2, 0.25) is 0 Å². The van der Waals surface area contributed by atoms with Gasteiger partial charge >= 0.3 is 6.18 Å². The summed E-state index contributed by atoms with van der Waals surface area (Å²) in [4.78, 5) is 21.9. The van der Waals surface area contributed by atoms with Crippen LogP contribution in [0.1, 0.15) is 24.0 Å². The standard InChI is InChI=1S/C18H18F3N3O2/c19-18(20,21)14-3-1-2-13(10-14)11-17(25)24-8-5-15(6-9-24)26-16-4-7-22-12-23-16/h1-4,7,10,12,15H,5-6,8-9,11H2. The van der Waals surface area contributed by atoms with Gasteiger partial charge in [0, 0.05) is 38.2 Å². The molecule has 0 N–H and O–H groups in total. The van der Waals surface area contributed by atoms with Gasteiger partial charge in [0.25, 0.3) is 0 Å². The van der Waals surface area contributed by atoms with Crippen LogP contribution >= 0.6 is 0 Å². The van der Waals surface area contributed by atoms with Crippen molar-refractivity contribution >= 4 is 5.91 Å². The van der Waals surface area contributed by atoms with E-state index in [4.69, 9.17) is 4.74 Å². The van der Waals surface area contributed by atoms with Gasteiger partial charge in [-0.3, -0.25) is 4.79 Å². The predicted octanol–water partition coefficient (Wildman–Crippen LogP) is 3.11. The maximum Gasteiger partial charge on any atom is 0.416 e. The number of rotatable bonds is 4. The quantitative estimate of drug-likeness (QED) is 0.836. The van der Waals surface area contributed by atoms with E-state index < -0.39 is 11.7 Å². The Kier molecular flexibility index (Phi) is 5.39. The number of halogens is 3. The number of hydrogen-bond donors (Lipinski definition) is 0. The lowest BCUT2D eigenvalue weighted by Crippen LogP contribution is -2.42. The van der Waals surface area contributed by atoms with Crippen LogP contribution in [0.5, 0.6) is 5.88 Å². The van der Waals surface area contributed by atoms with Crippen LogP contribution in [0.3, 0.4) is 0 Å². The van der Waals surface area contributed by atoms with Gasteiger partial charge in [-0.15, -0.1) is 0 Å². The molecule has 0 aliphatic carbocycles. The highest BCUT2D eigenvalue weighted by molar-refractivity contribution is 5.79. The highest BCUT2D eigenvalue weighted by Gasteiger charge is 2.31. The van der Waals surface area contributed by atoms with Gasteiger partial charge in [0.15, 0.2) is 0 Å². The second kappa shape index (κ2) is 7.72. The molecule has 1 aliphatic rings. The van der Waals surface area contributed by atoms with Crippen LogP contribution < -0.4 is 4.74 Å². The van der Waals surface area contributed by atoms with Gasteiger partial charge in [-0.25, -0.2) is 9.97 Å². The molecule has 0 spiro atoms. The van der Waals surface area contributed by atoms with E-state index in [0.29, 0.717) is 37.4 Å². The zero-order valence-electron chi connectivity index (χ0n) is 13.9. The molecule has 1 aliphatic heterocycles. The van der Waals surface area contributed by atoms with E-state index in [1.165, 1.54) is 18.5 Å². The van der Waals surface area contributed by atoms with Crippen molar-refractivity contribution in [3.8, 4) is 5.88 Å². The molecular weight excluding hydrogens is 347 g/mol. The Bertz CT molecular complexity index is 745. The van der Waals surface area contributed by atoms with Gasteiger partial charge in [-0.1, -0.05) is 18.2 Å². The lowest BCUT2D eigenvalue weighted by atomic mass is 10.0. The molecule has 2 heterocycles. The summed E-state index contributed by atoms with van der Waals surface area (Å²) < 4.78 is 44.0. The average molecular weight is 365 g/mol. The Labute approximate surface area is 148 Å². The van der Waals surface area contributed by atoms with Gasteiger partial charge in [0.05, 0.1) is 12.0 Å². The summed E-state index contributed by atoms with van der Waals surface area (Å²) in [6.45, 7) is 1.01. The average Bonchev–Trinajstić information content (AvgIpc) is 2.63. The summed E-state index contributed by atoms with van der Waals surface area (Å²) in [5, 5.41) is 0. The Balaban J connectivity index is 1.52. The molecule has 26 heavy (non-hydrogen) atoms. The van der Waals surface area contributed by atoms with E-state index in [0.717, 1.165) is 12.1 Å². The third-order valence-electron chi connectivity index (χ3n) is 4.25. The minimum Gasteiger partial charge on any atom is -0.474 e. The summed E-state index contributed by atoms with van der Waals surface area (Å²) >= 11 is 0. The van der Waals surface area contributed by atoms with Crippen LogP contribution in [0.4, 0.5) is 13.2 Å². The second-order valence-electron chi connectivity index (χ2n) is 6.12. The number of hydrogen-bond acceptors (Lipinski definition) is 4. The first-order valence-corrected chi connectivity index (χ1v) is 8.28. The molecule has 0 unspecified atom stereocenters. The number of benzene rings is 1. The van der Waals surface area contributed by atoms with Crippen LogP contribution in [-0.4, -0.2) is 40.0 Å². The number of amides is 1. The van der Waals surface area contributed by atoms with E-state index >= 15 is 0 Å². The summed E-state index contributed by atoms with van der Waals surface area (Å²) in [5.41, 5.74) is -0.371. The minimum atomic E-state index is -4.41. The minimum absolute atomic E-state index is 0.0393. The molecule has 1 aromatic heterocycles. The normalized spacial score (nSPS) is 15.7. The van der Waals surface area contributed by atoms with Crippen molar-refractivity contribution in [3.63, 3.8) is 0 Å². The summed E-state index contributed by atoms with van der Waals surface area (Å²) in [6.07, 6.45) is -0.185. The Hall–Kier alpha value is -2.64. The third kappa shape index (κ3) is 4.71. The lowest BCUT2D eigenvalue weighted by molar-refractivity contribution is -0.138. The zero-order valence-corrected chi connectivity index (χ0v) is 13.9. The second-order valence-corrected chi connectivity index (χ2v) is 6.12. The molecule has 3 rings (SSSR count). The fourth-order valence-electron chi connectivity index (χ4n) is 2.89. The maximum absolute atomic E-state index is 12.8. The van der Waals surface area contributed by atoms with E-state index in [1.807, 2.05) is 0 Å². The highest BCUT2D eigenvalue weighted by atomic mass is 19.4. The van der Waals surface area contributed by atoms with Crippen molar-refractivity contribution in [1.82, 2.24) is 14.9 Å². The summed E-state index contributed by atoms with van der Waals surface area (Å²) in [5.74, 6) is 0.318. The number of nitrogens with zero attached hydrogens (tertiary/aromatic N) is 3. The number of aromatic nitrogens is 2. The van der Waals surface area contributed by atoms with E-state index in [9.17, 15) is 18.0 Å². The lowest BCUT2D eigenvalue weighted by Gasteiger charge is -2.32. The third-order valence-corrected chi connectivity index (χ3v) is 4.25.